The zero-order valence-electron chi connectivity index (χ0n) is 13.6. The van der Waals surface area contributed by atoms with Crippen LogP contribution in [0.3, 0.4) is 0 Å². The van der Waals surface area contributed by atoms with Crippen LogP contribution in [0.4, 0.5) is 5.95 Å². The molecule has 24 heavy (non-hydrogen) atoms. The quantitative estimate of drug-likeness (QED) is 0.690. The maximum atomic E-state index is 12.2. The number of H-pyrrole nitrogens is 1. The molecule has 0 saturated heterocycles. The van der Waals surface area contributed by atoms with Gasteiger partial charge >= 0.3 is 5.69 Å². The Morgan fingerprint density at radius 3 is 2.62 bits per heavy atom. The molecule has 126 valence electrons. The van der Waals surface area contributed by atoms with Crippen LogP contribution in [-0.2, 0) is 20.1 Å². The molecule has 2 heterocycles. The Bertz CT molecular complexity index is 971. The van der Waals surface area contributed by atoms with Gasteiger partial charge in [-0.05, 0) is 5.56 Å². The maximum Gasteiger partial charge on any atom is 0.329 e. The van der Waals surface area contributed by atoms with Crippen molar-refractivity contribution in [2.75, 3.05) is 18.6 Å². The van der Waals surface area contributed by atoms with E-state index >= 15 is 0 Å². The Kier molecular flexibility index (Phi) is 4.22. The highest BCUT2D eigenvalue weighted by molar-refractivity contribution is 5.74. The van der Waals surface area contributed by atoms with E-state index in [4.69, 9.17) is 0 Å². The summed E-state index contributed by atoms with van der Waals surface area (Å²) in [5, 5.41) is 9.36. The molecule has 0 fully saturated rings. The Morgan fingerprint density at radius 2 is 1.96 bits per heavy atom. The fourth-order valence-electron chi connectivity index (χ4n) is 2.75. The number of aliphatic hydroxyl groups excluding tert-OH is 1. The lowest BCUT2D eigenvalue weighted by atomic mass is 10.2. The van der Waals surface area contributed by atoms with E-state index < -0.39 is 11.2 Å². The fraction of sp³-hybridized carbons (Fsp3) is 0.312. The molecule has 0 aliphatic heterocycles. The van der Waals surface area contributed by atoms with Crippen LogP contribution in [0.2, 0.25) is 0 Å². The zero-order chi connectivity index (χ0) is 17.3. The van der Waals surface area contributed by atoms with Gasteiger partial charge in [0.2, 0.25) is 5.95 Å². The number of anilines is 1. The summed E-state index contributed by atoms with van der Waals surface area (Å²) in [7, 11) is 3.41. The van der Waals surface area contributed by atoms with Crippen LogP contribution in [0.1, 0.15) is 5.56 Å². The lowest BCUT2D eigenvalue weighted by Crippen LogP contribution is -2.29. The molecule has 8 heteroatoms. The summed E-state index contributed by atoms with van der Waals surface area (Å²) in [4.78, 5) is 32.6. The van der Waals surface area contributed by atoms with Gasteiger partial charge in [-0.2, -0.15) is 4.98 Å². The molecule has 0 aliphatic carbocycles. The maximum absolute atomic E-state index is 12.2. The molecule has 0 unspecified atom stereocenters. The van der Waals surface area contributed by atoms with Crippen LogP contribution in [0.15, 0.2) is 39.9 Å². The normalized spacial score (nSPS) is 11.1. The molecule has 8 nitrogen and oxygen atoms in total. The molecule has 0 radical (unpaired) electrons. The number of aliphatic hydroxyl groups is 1. The van der Waals surface area contributed by atoms with Crippen LogP contribution < -0.4 is 16.1 Å². The van der Waals surface area contributed by atoms with Gasteiger partial charge in [0.05, 0.1) is 6.61 Å². The van der Waals surface area contributed by atoms with Crippen molar-refractivity contribution in [1.29, 1.82) is 0 Å². The number of rotatable bonds is 5. The molecule has 3 rings (SSSR count). The molecular formula is C16H19N5O3. The number of hydrogen-bond donors (Lipinski definition) is 2. The van der Waals surface area contributed by atoms with E-state index in [1.165, 1.54) is 4.57 Å². The number of aryl methyl sites for hydroxylation is 1. The predicted molar refractivity (Wildman–Crippen MR) is 91.2 cm³/mol. The molecule has 0 aliphatic rings. The first-order chi connectivity index (χ1) is 11.5. The smallest absolute Gasteiger partial charge is 0.329 e. The molecule has 0 saturated carbocycles. The number of aromatic amines is 1. The Labute approximate surface area is 137 Å². The summed E-state index contributed by atoms with van der Waals surface area (Å²) < 4.78 is 2.93. The minimum atomic E-state index is -0.515. The van der Waals surface area contributed by atoms with Gasteiger partial charge in [0.1, 0.15) is 0 Å². The average molecular weight is 329 g/mol. The van der Waals surface area contributed by atoms with Gasteiger partial charge in [-0.25, -0.2) is 4.79 Å². The van der Waals surface area contributed by atoms with Crippen molar-refractivity contribution in [2.24, 2.45) is 7.05 Å². The van der Waals surface area contributed by atoms with E-state index in [0.29, 0.717) is 18.1 Å². The molecule has 1 aromatic carbocycles. The third-order valence-corrected chi connectivity index (χ3v) is 3.91. The Balaban J connectivity index is 2.15. The number of fused-ring (bicyclic) bond motifs is 1. The monoisotopic (exact) mass is 329 g/mol. The number of nitrogens with zero attached hydrogens (tertiary/aromatic N) is 4. The number of nitrogens with one attached hydrogen (secondary N) is 1. The largest absolute Gasteiger partial charge is 0.395 e. The van der Waals surface area contributed by atoms with Crippen LogP contribution >= 0.6 is 0 Å². The van der Waals surface area contributed by atoms with E-state index in [1.54, 1.807) is 11.6 Å². The van der Waals surface area contributed by atoms with Crippen molar-refractivity contribution in [3.8, 4) is 0 Å². The van der Waals surface area contributed by atoms with E-state index in [0.717, 1.165) is 5.56 Å². The van der Waals surface area contributed by atoms with Crippen molar-refractivity contribution in [1.82, 2.24) is 19.1 Å². The summed E-state index contributed by atoms with van der Waals surface area (Å²) in [6.07, 6.45) is 0. The fourth-order valence-corrected chi connectivity index (χ4v) is 2.75. The van der Waals surface area contributed by atoms with Crippen molar-refractivity contribution in [2.45, 2.75) is 13.1 Å². The second-order valence-corrected chi connectivity index (χ2v) is 5.62. The highest BCUT2D eigenvalue weighted by Crippen LogP contribution is 2.19. The van der Waals surface area contributed by atoms with Gasteiger partial charge in [0.25, 0.3) is 5.56 Å². The van der Waals surface area contributed by atoms with Crippen molar-refractivity contribution in [3.63, 3.8) is 0 Å². The van der Waals surface area contributed by atoms with E-state index in [9.17, 15) is 14.7 Å². The zero-order valence-corrected chi connectivity index (χ0v) is 13.6. The second-order valence-electron chi connectivity index (χ2n) is 5.62. The Morgan fingerprint density at radius 1 is 1.25 bits per heavy atom. The lowest BCUT2D eigenvalue weighted by Gasteiger charge is -2.19. The van der Waals surface area contributed by atoms with E-state index in [2.05, 4.69) is 9.97 Å². The van der Waals surface area contributed by atoms with Gasteiger partial charge in [0.15, 0.2) is 11.2 Å². The van der Waals surface area contributed by atoms with Crippen LogP contribution in [0, 0.1) is 0 Å². The minimum Gasteiger partial charge on any atom is -0.395 e. The Hall–Kier alpha value is -2.87. The third kappa shape index (κ3) is 2.71. The van der Waals surface area contributed by atoms with Gasteiger partial charge in [-0.15, -0.1) is 0 Å². The summed E-state index contributed by atoms with van der Waals surface area (Å²) in [5.41, 5.74) is 0.644. The third-order valence-electron chi connectivity index (χ3n) is 3.91. The van der Waals surface area contributed by atoms with Gasteiger partial charge < -0.3 is 14.6 Å². The first-order valence-electron chi connectivity index (χ1n) is 7.58. The van der Waals surface area contributed by atoms with Crippen LogP contribution in [0.25, 0.3) is 11.2 Å². The highest BCUT2D eigenvalue weighted by atomic mass is 16.3. The molecule has 3 aromatic rings. The van der Waals surface area contributed by atoms with Gasteiger partial charge in [0, 0.05) is 27.2 Å². The number of imidazole rings is 1. The molecule has 0 amide bonds. The molecular weight excluding hydrogens is 310 g/mol. The topological polar surface area (TPSA) is 96.2 Å². The minimum absolute atomic E-state index is 0.139. The molecule has 2 N–H and O–H groups in total. The average Bonchev–Trinajstić information content (AvgIpc) is 2.94. The number of benzene rings is 1. The van der Waals surface area contributed by atoms with E-state index in [1.807, 2.05) is 42.3 Å². The van der Waals surface area contributed by atoms with Crippen LogP contribution in [0.5, 0.6) is 0 Å². The summed E-state index contributed by atoms with van der Waals surface area (Å²) in [6, 6.07) is 9.85. The van der Waals surface area contributed by atoms with E-state index in [-0.39, 0.29) is 18.7 Å². The SMILES string of the molecule is CN(Cc1ccccc1)c1nc2c(c(=O)[nH]c(=O)n2C)n1CCO. The molecule has 0 atom stereocenters. The highest BCUT2D eigenvalue weighted by Gasteiger charge is 2.19. The van der Waals surface area contributed by atoms with Gasteiger partial charge in [-0.1, -0.05) is 30.3 Å². The summed E-state index contributed by atoms with van der Waals surface area (Å²) in [6.45, 7) is 0.660. The lowest BCUT2D eigenvalue weighted by molar-refractivity contribution is 0.278. The number of aromatic nitrogens is 4. The first kappa shape index (κ1) is 16.0. The van der Waals surface area contributed by atoms with Crippen LogP contribution in [-0.4, -0.2) is 37.9 Å². The first-order valence-corrected chi connectivity index (χ1v) is 7.58. The number of hydrogen-bond acceptors (Lipinski definition) is 5. The summed E-state index contributed by atoms with van der Waals surface area (Å²) >= 11 is 0. The standard InChI is InChI=1S/C16H19N5O3/c1-19(10-11-6-4-3-5-7-11)15-17-13-12(21(15)8-9-22)14(23)18-16(24)20(13)2/h3-7,22H,8-10H2,1-2H3,(H,18,23,24). The van der Waals surface area contributed by atoms with Crippen molar-refractivity contribution >= 4 is 17.1 Å². The predicted octanol–water partition coefficient (Wildman–Crippen LogP) is 0.0520. The van der Waals surface area contributed by atoms with Gasteiger partial charge in [-0.3, -0.25) is 14.3 Å². The molecule has 0 spiro atoms. The van der Waals surface area contributed by atoms with Crippen molar-refractivity contribution < 1.29 is 5.11 Å². The summed E-state index contributed by atoms with van der Waals surface area (Å²) in [5.74, 6) is 0.523. The van der Waals surface area contributed by atoms with Crippen molar-refractivity contribution in [3.05, 3.63) is 56.7 Å². The molecule has 2 aromatic heterocycles. The molecule has 0 bridgehead atoms. The second kappa shape index (κ2) is 6.32.